The average Bonchev–Trinajstić information content (AvgIpc) is 4.03. The summed E-state index contributed by atoms with van der Waals surface area (Å²) in [5, 5.41) is 17.5. The number of nitrogens with zero attached hydrogens (tertiary/aromatic N) is 2. The molecule has 1 saturated heterocycles. The smallest absolute Gasteiger partial charge is 0.312 e. The van der Waals surface area contributed by atoms with Crippen LogP contribution in [-0.4, -0.2) is 119 Å². The van der Waals surface area contributed by atoms with Crippen molar-refractivity contribution in [1.82, 2.24) is 36.1 Å². The zero-order valence-corrected chi connectivity index (χ0v) is 39.4. The van der Waals surface area contributed by atoms with Crippen LogP contribution < -0.4 is 37.6 Å². The van der Waals surface area contributed by atoms with Crippen LogP contribution >= 0.6 is 11.6 Å². The number of H-pyrrole nitrogens is 1. The molecule has 4 atom stereocenters. The lowest BCUT2D eigenvalue weighted by Crippen LogP contribution is -2.54. The number of halogens is 1. The zero-order chi connectivity index (χ0) is 50.1. The molecule has 20 heteroatoms. The highest BCUT2D eigenvalue weighted by atomic mass is 35.5. The van der Waals surface area contributed by atoms with E-state index < -0.39 is 47.7 Å². The van der Waals surface area contributed by atoms with Crippen LogP contribution in [0, 0.1) is 11.8 Å². The average molecular weight is 976 g/mol. The Morgan fingerprint density at radius 1 is 0.829 bits per heavy atom. The van der Waals surface area contributed by atoms with Gasteiger partial charge in [0.1, 0.15) is 11.7 Å². The van der Waals surface area contributed by atoms with Crippen molar-refractivity contribution in [2.75, 3.05) is 49.2 Å². The first-order valence-electron chi connectivity index (χ1n) is 23.1. The van der Waals surface area contributed by atoms with Gasteiger partial charge in [-0.2, -0.15) is 0 Å². The van der Waals surface area contributed by atoms with Gasteiger partial charge in [-0.1, -0.05) is 38.1 Å². The van der Waals surface area contributed by atoms with Gasteiger partial charge in [-0.15, -0.1) is 11.6 Å². The van der Waals surface area contributed by atoms with Gasteiger partial charge in [0.15, 0.2) is 5.78 Å². The molecule has 9 amide bonds. The van der Waals surface area contributed by atoms with Gasteiger partial charge >= 0.3 is 6.03 Å². The van der Waals surface area contributed by atoms with Crippen molar-refractivity contribution in [3.63, 3.8) is 0 Å². The number of carbonyl (C=O) groups is 9. The molecule has 3 aromatic carbocycles. The monoisotopic (exact) mass is 974 g/mol. The van der Waals surface area contributed by atoms with Crippen LogP contribution in [-0.2, 0) is 24.0 Å². The number of ketones is 1. The Hall–Kier alpha value is -7.64. The van der Waals surface area contributed by atoms with Gasteiger partial charge in [0.2, 0.25) is 17.7 Å². The van der Waals surface area contributed by atoms with Gasteiger partial charge in [0.25, 0.3) is 23.6 Å². The van der Waals surface area contributed by atoms with Crippen molar-refractivity contribution in [2.45, 2.75) is 57.5 Å². The second kappa shape index (κ2) is 22.6. The van der Waals surface area contributed by atoms with Crippen LogP contribution in [0.1, 0.15) is 82.2 Å². The Balaban J connectivity index is 0.922. The van der Waals surface area contributed by atoms with Gasteiger partial charge in [0, 0.05) is 114 Å². The predicted octanol–water partition coefficient (Wildman–Crippen LogP) is 3.90. The van der Waals surface area contributed by atoms with E-state index in [2.05, 4.69) is 36.9 Å². The second-order valence-electron chi connectivity index (χ2n) is 17.6. The first-order chi connectivity index (χ1) is 33.6. The molecule has 0 saturated carbocycles. The van der Waals surface area contributed by atoms with Gasteiger partial charge in [0.05, 0.1) is 6.04 Å². The summed E-state index contributed by atoms with van der Waals surface area (Å²) in [5.74, 6) is -3.15. The SMILES string of the molecule is CC(C)[C@H](NCCNC(=O)CCCN1C(=O)C=CC1=O)C(=O)N[C@@H](CCCNC(N)=O)C(=O)Nc1ccc(C(=O)Nc2ccc3[nH]c(C(=O)N4C[C@@H](CCl)C5C4=CC(=O)c4ccccc45)cc3c2)cc1. The number of hydrogen-bond donors (Lipinski definition) is 8. The van der Waals surface area contributed by atoms with E-state index in [-0.39, 0.29) is 79.9 Å². The molecule has 0 bridgehead atoms. The summed E-state index contributed by atoms with van der Waals surface area (Å²) in [5.41, 5.74) is 9.41. The minimum Gasteiger partial charge on any atom is -0.355 e. The van der Waals surface area contributed by atoms with E-state index in [0.717, 1.165) is 10.5 Å². The van der Waals surface area contributed by atoms with Gasteiger partial charge < -0.3 is 47.5 Å². The molecule has 0 radical (unpaired) electrons. The van der Waals surface area contributed by atoms with Crippen LogP contribution in [0.5, 0.6) is 0 Å². The molecule has 7 rings (SSSR count). The Bertz CT molecular complexity index is 2750. The molecule has 2 aliphatic heterocycles. The van der Waals surface area contributed by atoms with Gasteiger partial charge in [-0.3, -0.25) is 43.3 Å². The maximum atomic E-state index is 14.0. The summed E-state index contributed by atoms with van der Waals surface area (Å²) in [7, 11) is 0. The topological polar surface area (TPSA) is 274 Å². The summed E-state index contributed by atoms with van der Waals surface area (Å²) >= 11 is 6.40. The highest BCUT2D eigenvalue weighted by molar-refractivity contribution is 6.18. The maximum Gasteiger partial charge on any atom is 0.312 e. The van der Waals surface area contributed by atoms with Crippen LogP contribution in [0.4, 0.5) is 16.2 Å². The summed E-state index contributed by atoms with van der Waals surface area (Å²) < 4.78 is 0. The molecule has 19 nitrogen and oxygen atoms in total. The second-order valence-corrected chi connectivity index (χ2v) is 17.9. The number of primary amides is 1. The van der Waals surface area contributed by atoms with Crippen molar-refractivity contribution in [1.29, 1.82) is 0 Å². The molecule has 1 aliphatic carbocycles. The molecule has 3 aliphatic rings. The van der Waals surface area contributed by atoms with Crippen molar-refractivity contribution >= 4 is 87.0 Å². The number of amides is 9. The highest BCUT2D eigenvalue weighted by Crippen LogP contribution is 2.46. The molecule has 1 unspecified atom stereocenters. The maximum absolute atomic E-state index is 14.0. The molecule has 3 heterocycles. The fourth-order valence-electron chi connectivity index (χ4n) is 8.83. The first-order valence-corrected chi connectivity index (χ1v) is 23.6. The van der Waals surface area contributed by atoms with Crippen molar-refractivity contribution in [3.05, 3.63) is 119 Å². The Morgan fingerprint density at radius 3 is 2.27 bits per heavy atom. The molecule has 9 N–H and O–H groups in total. The number of allylic oxidation sites excluding steroid dienone is 2. The molecule has 1 fully saturated rings. The number of nitrogens with one attached hydrogen (secondary N) is 7. The predicted molar refractivity (Wildman–Crippen MR) is 262 cm³/mol. The summed E-state index contributed by atoms with van der Waals surface area (Å²) in [6, 6.07) is 18.0. The van der Waals surface area contributed by atoms with Gasteiger partial charge in [-0.05, 0) is 79.3 Å². The normalized spacial score (nSPS) is 16.9. The summed E-state index contributed by atoms with van der Waals surface area (Å²) in [4.78, 5) is 121. The molecular formula is C50H55ClN10O9. The number of hydrogen-bond acceptors (Lipinski definition) is 10. The van der Waals surface area contributed by atoms with E-state index in [1.54, 1.807) is 47.4 Å². The molecule has 1 aromatic heterocycles. The lowest BCUT2D eigenvalue weighted by molar-refractivity contribution is -0.137. The van der Waals surface area contributed by atoms with Crippen molar-refractivity contribution in [3.8, 4) is 0 Å². The number of likely N-dealkylation sites (tertiary alicyclic amines) is 1. The first kappa shape index (κ1) is 50.2. The Kier molecular flexibility index (Phi) is 16.3. The number of benzene rings is 3. The number of alkyl halides is 1. The minimum absolute atomic E-state index is 0.0733. The summed E-state index contributed by atoms with van der Waals surface area (Å²) in [6.07, 6.45) is 4.76. The molecular weight excluding hydrogens is 920 g/mol. The van der Waals surface area contributed by atoms with E-state index in [4.69, 9.17) is 17.3 Å². The number of aromatic amines is 1. The molecule has 70 heavy (non-hydrogen) atoms. The molecule has 4 aromatic rings. The zero-order valence-electron chi connectivity index (χ0n) is 38.6. The fourth-order valence-corrected chi connectivity index (χ4v) is 9.11. The Labute approximate surface area is 408 Å². The van der Waals surface area contributed by atoms with Crippen LogP contribution in [0.25, 0.3) is 10.9 Å². The third-order valence-corrected chi connectivity index (χ3v) is 12.8. The third kappa shape index (κ3) is 12.0. The van der Waals surface area contributed by atoms with E-state index in [1.165, 1.54) is 30.4 Å². The number of urea groups is 1. The number of nitrogens with two attached hydrogens (primary N) is 1. The van der Waals surface area contributed by atoms with Crippen LogP contribution in [0.15, 0.2) is 96.7 Å². The number of carbonyl (C=O) groups excluding carboxylic acids is 9. The van der Waals surface area contributed by atoms with Crippen molar-refractivity contribution in [2.24, 2.45) is 17.6 Å². The number of fused-ring (bicyclic) bond motifs is 4. The number of rotatable bonds is 21. The standard InChI is InChI=1S/C50H55ClN10O9/c1-28(2)45(54-21-20-53-41(63)10-6-22-60-42(64)17-18-43(60)65)48(68)59-37(9-5-19-55-50(52)70)47(67)56-32-13-11-29(12-14-32)46(66)57-33-15-16-36-30(23-33)24-38(58-36)49(69)61-27-31(26-51)44-35-8-4-3-7-34(35)40(62)25-39(44)61/h3-4,7-8,11-18,23-25,28,31,37,44-45,54,58H,5-6,9-10,19-22,26-27H2,1-2H3,(H,53,63)(H,56,67)(H,57,66)(H,59,68)(H3,52,55,70)/t31-,37+,44?,45+/m1/s1. The van der Waals surface area contributed by atoms with E-state index in [9.17, 15) is 43.2 Å². The number of anilines is 2. The van der Waals surface area contributed by atoms with E-state index >= 15 is 0 Å². The fraction of sp³-hybridized carbons (Fsp3) is 0.340. The van der Waals surface area contributed by atoms with Crippen LogP contribution in [0.2, 0.25) is 0 Å². The van der Waals surface area contributed by atoms with E-state index in [0.29, 0.717) is 64.5 Å². The minimum atomic E-state index is -1.03. The summed E-state index contributed by atoms with van der Waals surface area (Å²) in [6.45, 7) is 4.72. The number of aromatic nitrogens is 1. The van der Waals surface area contributed by atoms with Crippen LogP contribution in [0.3, 0.4) is 0 Å². The van der Waals surface area contributed by atoms with Gasteiger partial charge in [-0.25, -0.2) is 4.79 Å². The lowest BCUT2D eigenvalue weighted by atomic mass is 9.80. The van der Waals surface area contributed by atoms with Crippen molar-refractivity contribution < 1.29 is 43.2 Å². The lowest BCUT2D eigenvalue weighted by Gasteiger charge is -2.26. The highest BCUT2D eigenvalue weighted by Gasteiger charge is 2.44. The largest absolute Gasteiger partial charge is 0.355 e. The van der Waals surface area contributed by atoms with E-state index in [1.807, 2.05) is 32.0 Å². The number of imide groups is 1. The third-order valence-electron chi connectivity index (χ3n) is 12.4. The Morgan fingerprint density at radius 2 is 1.56 bits per heavy atom. The molecule has 366 valence electrons. The quantitative estimate of drug-likeness (QED) is 0.0339. The molecule has 0 spiro atoms.